The molecule has 0 saturated heterocycles. The zero-order chi connectivity index (χ0) is 14.0. The number of nitrogens with two attached hydrogens (primary N) is 1. The van der Waals surface area contributed by atoms with Gasteiger partial charge < -0.3 is 11.1 Å². The Morgan fingerprint density at radius 2 is 2.00 bits per heavy atom. The van der Waals surface area contributed by atoms with E-state index in [4.69, 9.17) is 5.73 Å². The Hall–Kier alpha value is -2.58. The summed E-state index contributed by atoms with van der Waals surface area (Å²) < 4.78 is 38.1. The number of hydrogen-bond donors (Lipinski definition) is 3. The van der Waals surface area contributed by atoms with Gasteiger partial charge in [-0.3, -0.25) is 9.89 Å². The molecule has 9 heteroatoms. The van der Waals surface area contributed by atoms with Crippen LogP contribution in [0.25, 0.3) is 0 Å². The molecule has 0 spiro atoms. The Balaban J connectivity index is 2.27. The standard InChI is InChI=1S/C10H8F3N5O/c11-10(12,13)5-3-1-2-4-6(5)15-8(19)7-16-9(14)18-17-7/h1-4H,(H,15,19)(H3,14,16,17,18). The molecule has 0 unspecified atom stereocenters. The molecule has 0 aliphatic heterocycles. The Morgan fingerprint density at radius 3 is 2.58 bits per heavy atom. The number of amides is 1. The molecule has 100 valence electrons. The lowest BCUT2D eigenvalue weighted by molar-refractivity contribution is -0.136. The number of rotatable bonds is 2. The number of hydrogen-bond acceptors (Lipinski definition) is 4. The summed E-state index contributed by atoms with van der Waals surface area (Å²) in [7, 11) is 0. The molecule has 1 amide bonds. The Labute approximate surface area is 104 Å². The molecule has 0 fully saturated rings. The number of H-pyrrole nitrogens is 1. The molecular weight excluding hydrogens is 263 g/mol. The molecule has 0 atom stereocenters. The first-order chi connectivity index (χ1) is 8.88. The molecule has 0 aliphatic carbocycles. The van der Waals surface area contributed by atoms with Crippen LogP contribution in [0.1, 0.15) is 16.2 Å². The van der Waals surface area contributed by atoms with E-state index in [0.717, 1.165) is 12.1 Å². The highest BCUT2D eigenvalue weighted by atomic mass is 19.4. The second kappa shape index (κ2) is 4.59. The molecule has 2 rings (SSSR count). The fourth-order valence-corrected chi connectivity index (χ4v) is 1.40. The third-order valence-electron chi connectivity index (χ3n) is 2.20. The van der Waals surface area contributed by atoms with Crippen LogP contribution in [-0.2, 0) is 6.18 Å². The Morgan fingerprint density at radius 1 is 1.32 bits per heavy atom. The summed E-state index contributed by atoms with van der Waals surface area (Å²) in [6.07, 6.45) is -4.57. The largest absolute Gasteiger partial charge is 0.418 e. The van der Waals surface area contributed by atoms with Crippen LogP contribution in [0.3, 0.4) is 0 Å². The van der Waals surface area contributed by atoms with Gasteiger partial charge in [0.05, 0.1) is 11.3 Å². The molecule has 0 saturated carbocycles. The van der Waals surface area contributed by atoms with Gasteiger partial charge in [0.1, 0.15) is 0 Å². The van der Waals surface area contributed by atoms with Crippen molar-refractivity contribution in [2.24, 2.45) is 0 Å². The minimum atomic E-state index is -4.57. The lowest BCUT2D eigenvalue weighted by Crippen LogP contribution is -2.17. The second-order valence-corrected chi connectivity index (χ2v) is 3.54. The van der Waals surface area contributed by atoms with Crippen LogP contribution >= 0.6 is 0 Å². The summed E-state index contributed by atoms with van der Waals surface area (Å²) in [4.78, 5) is 15.2. The van der Waals surface area contributed by atoms with E-state index in [9.17, 15) is 18.0 Å². The first-order valence-corrected chi connectivity index (χ1v) is 5.03. The van der Waals surface area contributed by atoms with E-state index in [1.165, 1.54) is 12.1 Å². The van der Waals surface area contributed by atoms with E-state index in [2.05, 4.69) is 20.5 Å². The molecule has 0 bridgehead atoms. The van der Waals surface area contributed by atoms with Gasteiger partial charge in [-0.25, -0.2) is 0 Å². The van der Waals surface area contributed by atoms with Crippen LogP contribution in [0.15, 0.2) is 24.3 Å². The number of carbonyl (C=O) groups is 1. The van der Waals surface area contributed by atoms with Gasteiger partial charge in [0.15, 0.2) is 0 Å². The summed E-state index contributed by atoms with van der Waals surface area (Å²) in [6, 6.07) is 4.61. The second-order valence-electron chi connectivity index (χ2n) is 3.54. The SMILES string of the molecule is Nc1n[nH]c(C(=O)Nc2ccccc2C(F)(F)F)n1. The number of aromatic amines is 1. The van der Waals surface area contributed by atoms with Crippen LogP contribution in [0, 0.1) is 0 Å². The van der Waals surface area contributed by atoms with Gasteiger partial charge in [0, 0.05) is 0 Å². The molecule has 19 heavy (non-hydrogen) atoms. The van der Waals surface area contributed by atoms with Gasteiger partial charge in [0.2, 0.25) is 11.8 Å². The van der Waals surface area contributed by atoms with Crippen molar-refractivity contribution in [2.45, 2.75) is 6.18 Å². The van der Waals surface area contributed by atoms with Gasteiger partial charge in [-0.15, -0.1) is 5.10 Å². The first-order valence-electron chi connectivity index (χ1n) is 5.03. The van der Waals surface area contributed by atoms with Crippen LogP contribution in [-0.4, -0.2) is 21.1 Å². The van der Waals surface area contributed by atoms with Crippen molar-refractivity contribution in [1.29, 1.82) is 0 Å². The van der Waals surface area contributed by atoms with Gasteiger partial charge in [-0.1, -0.05) is 12.1 Å². The number of nitrogens with one attached hydrogen (secondary N) is 2. The number of nitrogen functional groups attached to an aromatic ring is 1. The normalized spacial score (nSPS) is 11.3. The number of nitrogens with zero attached hydrogens (tertiary/aromatic N) is 2. The fourth-order valence-electron chi connectivity index (χ4n) is 1.40. The van der Waals surface area contributed by atoms with E-state index < -0.39 is 17.6 Å². The maximum Gasteiger partial charge on any atom is 0.418 e. The molecule has 0 radical (unpaired) electrons. The van der Waals surface area contributed by atoms with E-state index in [1.54, 1.807) is 0 Å². The van der Waals surface area contributed by atoms with Crippen LogP contribution in [0.5, 0.6) is 0 Å². The maximum atomic E-state index is 12.7. The third kappa shape index (κ3) is 2.81. The van der Waals surface area contributed by atoms with E-state index in [-0.39, 0.29) is 17.5 Å². The van der Waals surface area contributed by atoms with Gasteiger partial charge in [0.25, 0.3) is 5.91 Å². The minimum Gasteiger partial charge on any atom is -0.366 e. The summed E-state index contributed by atoms with van der Waals surface area (Å²) in [5.74, 6) is -1.30. The van der Waals surface area contributed by atoms with Crippen molar-refractivity contribution >= 4 is 17.5 Å². The first kappa shape index (κ1) is 12.9. The molecule has 1 aromatic heterocycles. The molecule has 0 aliphatic rings. The van der Waals surface area contributed by atoms with Crippen LogP contribution < -0.4 is 11.1 Å². The van der Waals surface area contributed by atoms with E-state index in [0.29, 0.717) is 0 Å². The zero-order valence-electron chi connectivity index (χ0n) is 9.32. The number of aromatic nitrogens is 3. The van der Waals surface area contributed by atoms with Gasteiger partial charge in [-0.2, -0.15) is 18.2 Å². The van der Waals surface area contributed by atoms with Crippen LogP contribution in [0.2, 0.25) is 0 Å². The molecule has 1 heterocycles. The highest BCUT2D eigenvalue weighted by molar-refractivity contribution is 6.02. The lowest BCUT2D eigenvalue weighted by atomic mass is 10.1. The average Bonchev–Trinajstić information content (AvgIpc) is 2.75. The molecule has 6 nitrogen and oxygen atoms in total. The average molecular weight is 271 g/mol. The highest BCUT2D eigenvalue weighted by Crippen LogP contribution is 2.34. The van der Waals surface area contributed by atoms with Crippen molar-refractivity contribution in [3.63, 3.8) is 0 Å². The quantitative estimate of drug-likeness (QED) is 0.773. The van der Waals surface area contributed by atoms with Crippen molar-refractivity contribution in [2.75, 3.05) is 11.1 Å². The smallest absolute Gasteiger partial charge is 0.366 e. The number of halogens is 3. The number of anilines is 2. The zero-order valence-corrected chi connectivity index (χ0v) is 9.32. The van der Waals surface area contributed by atoms with Crippen molar-refractivity contribution in [3.05, 3.63) is 35.7 Å². The summed E-state index contributed by atoms with van der Waals surface area (Å²) in [6.45, 7) is 0. The number of alkyl halides is 3. The van der Waals surface area contributed by atoms with Gasteiger partial charge in [-0.05, 0) is 12.1 Å². The topological polar surface area (TPSA) is 96.7 Å². The van der Waals surface area contributed by atoms with E-state index in [1.807, 2.05) is 0 Å². The number of carbonyl (C=O) groups excluding carboxylic acids is 1. The number of benzene rings is 1. The summed E-state index contributed by atoms with van der Waals surface area (Å²) in [5, 5.41) is 7.71. The number of para-hydroxylation sites is 1. The Kier molecular flexibility index (Phi) is 3.11. The predicted molar refractivity (Wildman–Crippen MR) is 60.2 cm³/mol. The van der Waals surface area contributed by atoms with Crippen molar-refractivity contribution < 1.29 is 18.0 Å². The van der Waals surface area contributed by atoms with Crippen molar-refractivity contribution in [1.82, 2.24) is 15.2 Å². The van der Waals surface area contributed by atoms with Gasteiger partial charge >= 0.3 is 6.18 Å². The fraction of sp³-hybridized carbons (Fsp3) is 0.100. The summed E-state index contributed by atoms with van der Waals surface area (Å²) >= 11 is 0. The molecule has 4 N–H and O–H groups in total. The predicted octanol–water partition coefficient (Wildman–Crippen LogP) is 1.66. The van der Waals surface area contributed by atoms with Crippen LogP contribution in [0.4, 0.5) is 24.8 Å². The highest BCUT2D eigenvalue weighted by Gasteiger charge is 2.33. The van der Waals surface area contributed by atoms with E-state index >= 15 is 0 Å². The monoisotopic (exact) mass is 271 g/mol. The molecule has 1 aromatic carbocycles. The summed E-state index contributed by atoms with van der Waals surface area (Å²) in [5.41, 5.74) is 3.88. The maximum absolute atomic E-state index is 12.7. The minimum absolute atomic E-state index is 0.172. The Bertz CT molecular complexity index is 607. The molecule has 2 aromatic rings. The molecular formula is C10H8F3N5O. The third-order valence-corrected chi connectivity index (χ3v) is 2.20. The van der Waals surface area contributed by atoms with Crippen molar-refractivity contribution in [3.8, 4) is 0 Å². The lowest BCUT2D eigenvalue weighted by Gasteiger charge is -2.12.